The van der Waals surface area contributed by atoms with Gasteiger partial charge < -0.3 is 8.85 Å². The highest BCUT2D eigenvalue weighted by Gasteiger charge is 2.52. The van der Waals surface area contributed by atoms with Crippen LogP contribution < -0.4 is 0 Å². The minimum atomic E-state index is -3.77. The molecule has 1 aromatic carbocycles. The van der Waals surface area contributed by atoms with Crippen molar-refractivity contribution >= 4 is 26.8 Å². The smallest absolute Gasteiger partial charge is 0.267 e. The molecule has 34 heavy (non-hydrogen) atoms. The summed E-state index contributed by atoms with van der Waals surface area (Å²) in [6.45, 7) is 22.6. The average Bonchev–Trinajstić information content (AvgIpc) is 2.93. The van der Waals surface area contributed by atoms with E-state index in [0.717, 1.165) is 11.8 Å². The van der Waals surface area contributed by atoms with Crippen LogP contribution in [0, 0.1) is 0 Å². The first kappa shape index (κ1) is 29.6. The molecule has 1 aromatic rings. The molecule has 196 valence electrons. The Hall–Kier alpha value is -0.596. The van der Waals surface area contributed by atoms with E-state index in [9.17, 15) is 8.42 Å². The van der Waals surface area contributed by atoms with Gasteiger partial charge in [-0.25, -0.2) is 4.18 Å². The van der Waals surface area contributed by atoms with Crippen LogP contribution in [0.25, 0.3) is 0 Å². The second-order valence-electron chi connectivity index (χ2n) is 12.3. The van der Waals surface area contributed by atoms with Crippen LogP contribution in [0.4, 0.5) is 0 Å². The zero-order valence-corrected chi connectivity index (χ0v) is 25.7. The van der Waals surface area contributed by atoms with Crippen LogP contribution in [0.2, 0.25) is 36.3 Å². The lowest BCUT2D eigenvalue weighted by Crippen LogP contribution is -2.53. The summed E-state index contributed by atoms with van der Waals surface area (Å²) in [6, 6.07) is 9.62. The first-order chi connectivity index (χ1) is 15.2. The molecule has 10 heteroatoms. The van der Waals surface area contributed by atoms with E-state index in [-0.39, 0.29) is 16.1 Å². The van der Waals surface area contributed by atoms with Gasteiger partial charge in [0.05, 0.1) is 18.9 Å². The largest absolute Gasteiger partial charge is 0.415 e. The van der Waals surface area contributed by atoms with Crippen LogP contribution in [0.15, 0.2) is 30.3 Å². The number of hydroxylamine groups is 2. The van der Waals surface area contributed by atoms with Crippen LogP contribution in [-0.2, 0) is 34.5 Å². The molecule has 2 rings (SSSR count). The van der Waals surface area contributed by atoms with E-state index in [2.05, 4.69) is 67.7 Å². The number of benzene rings is 1. The summed E-state index contributed by atoms with van der Waals surface area (Å²) in [4.78, 5) is 6.14. The molecule has 1 aliphatic heterocycles. The summed E-state index contributed by atoms with van der Waals surface area (Å²) in [5, 5.41) is 1.76. The maximum Gasteiger partial charge on any atom is 0.267 e. The summed E-state index contributed by atoms with van der Waals surface area (Å²) >= 11 is 0. The Bertz CT molecular complexity index is 910. The second-order valence-corrected chi connectivity index (χ2v) is 23.5. The fraction of sp³-hybridized carbons (Fsp3) is 0.750. The SMILES string of the molecule is CC(C)(C)[Si](C)(C)OC[C@H]1[C@H](O[Si](C)(C)C(C)(C)C)[C@H](OS(C)(=O)=O)ON1Cc1ccccc1. The lowest BCUT2D eigenvalue weighted by Gasteiger charge is -2.41. The Labute approximate surface area is 209 Å². The van der Waals surface area contributed by atoms with Crippen molar-refractivity contribution in [3.63, 3.8) is 0 Å². The fourth-order valence-electron chi connectivity index (χ4n) is 3.12. The van der Waals surface area contributed by atoms with Crippen molar-refractivity contribution in [2.45, 2.75) is 103 Å². The van der Waals surface area contributed by atoms with Gasteiger partial charge in [-0.05, 0) is 41.8 Å². The molecule has 0 saturated carbocycles. The van der Waals surface area contributed by atoms with Gasteiger partial charge in [0.1, 0.15) is 6.10 Å². The van der Waals surface area contributed by atoms with Gasteiger partial charge in [-0.1, -0.05) is 71.9 Å². The van der Waals surface area contributed by atoms with Gasteiger partial charge in [0.2, 0.25) is 6.29 Å². The van der Waals surface area contributed by atoms with Crippen LogP contribution in [0.3, 0.4) is 0 Å². The highest BCUT2D eigenvalue weighted by atomic mass is 32.2. The minimum Gasteiger partial charge on any atom is -0.415 e. The molecule has 0 N–H and O–H groups in total. The first-order valence-corrected chi connectivity index (χ1v) is 19.5. The molecule has 3 atom stereocenters. The molecule has 1 aliphatic rings. The maximum atomic E-state index is 12.1. The summed E-state index contributed by atoms with van der Waals surface area (Å²) in [7, 11) is -8.13. The van der Waals surface area contributed by atoms with Gasteiger partial charge in [-0.15, -0.1) is 0 Å². The summed E-state index contributed by atoms with van der Waals surface area (Å²) < 4.78 is 43.1. The van der Waals surface area contributed by atoms with Crippen LogP contribution in [0.5, 0.6) is 0 Å². The van der Waals surface area contributed by atoms with E-state index in [0.29, 0.717) is 13.2 Å². The number of hydrogen-bond acceptors (Lipinski definition) is 7. The van der Waals surface area contributed by atoms with Gasteiger partial charge in [-0.2, -0.15) is 13.5 Å². The third-order valence-electron chi connectivity index (χ3n) is 7.37. The Morgan fingerprint density at radius 1 is 0.941 bits per heavy atom. The lowest BCUT2D eigenvalue weighted by atomic mass is 10.1. The van der Waals surface area contributed by atoms with Gasteiger partial charge in [0, 0.05) is 6.54 Å². The van der Waals surface area contributed by atoms with Crippen molar-refractivity contribution in [3.8, 4) is 0 Å². The van der Waals surface area contributed by atoms with E-state index < -0.39 is 39.1 Å². The standard InChI is InChI=1S/C24H45NO6SSi2/c1-23(2,3)33(8,9)28-18-20-21(31-34(10,11)24(4,5)6)22(30-32(7,26)27)29-25(20)17-19-15-13-12-14-16-19/h12-16,20-22H,17-18H2,1-11H3/t20-,21-,22-/m0/s1. The predicted molar refractivity (Wildman–Crippen MR) is 142 cm³/mol. The molecular formula is C24H45NO6SSi2. The van der Waals surface area contributed by atoms with Crippen LogP contribution >= 0.6 is 0 Å². The lowest BCUT2D eigenvalue weighted by molar-refractivity contribution is -0.222. The van der Waals surface area contributed by atoms with Crippen LogP contribution in [0.1, 0.15) is 47.1 Å². The maximum absolute atomic E-state index is 12.1. The number of hydrogen-bond donors (Lipinski definition) is 0. The molecule has 1 fully saturated rings. The minimum absolute atomic E-state index is 0.0369. The molecule has 1 saturated heterocycles. The zero-order valence-electron chi connectivity index (χ0n) is 22.8. The molecule has 0 amide bonds. The van der Waals surface area contributed by atoms with Crippen molar-refractivity contribution in [2.24, 2.45) is 0 Å². The summed E-state index contributed by atoms with van der Waals surface area (Å²) in [5.74, 6) is 0. The van der Waals surface area contributed by atoms with E-state index in [1.54, 1.807) is 5.06 Å². The highest BCUT2D eigenvalue weighted by molar-refractivity contribution is 7.86. The van der Waals surface area contributed by atoms with Gasteiger partial charge in [0.15, 0.2) is 16.6 Å². The molecular weight excluding hydrogens is 487 g/mol. The molecule has 0 aliphatic carbocycles. The monoisotopic (exact) mass is 531 g/mol. The fourth-order valence-corrected chi connectivity index (χ4v) is 5.93. The third kappa shape index (κ3) is 7.70. The van der Waals surface area contributed by atoms with Crippen molar-refractivity contribution in [1.82, 2.24) is 5.06 Å². The second kappa shape index (κ2) is 10.4. The molecule has 1 heterocycles. The molecule has 0 bridgehead atoms. The molecule has 0 spiro atoms. The third-order valence-corrected chi connectivity index (χ3v) is 16.9. The van der Waals surface area contributed by atoms with Gasteiger partial charge in [0.25, 0.3) is 10.1 Å². The molecule has 0 radical (unpaired) electrons. The molecule has 7 nitrogen and oxygen atoms in total. The topological polar surface area (TPSA) is 74.3 Å². The Morgan fingerprint density at radius 3 is 1.94 bits per heavy atom. The van der Waals surface area contributed by atoms with Crippen molar-refractivity contribution in [3.05, 3.63) is 35.9 Å². The molecule has 0 unspecified atom stereocenters. The molecule has 0 aromatic heterocycles. The predicted octanol–water partition coefficient (Wildman–Crippen LogP) is 5.52. The highest BCUT2D eigenvalue weighted by Crippen LogP contribution is 2.42. The van der Waals surface area contributed by atoms with E-state index in [4.69, 9.17) is 17.9 Å². The van der Waals surface area contributed by atoms with Crippen molar-refractivity contribution < 1.29 is 26.3 Å². The Balaban J connectivity index is 2.45. The van der Waals surface area contributed by atoms with E-state index >= 15 is 0 Å². The number of rotatable bonds is 9. The van der Waals surface area contributed by atoms with Gasteiger partial charge >= 0.3 is 0 Å². The Kier molecular flexibility index (Phi) is 9.07. The quantitative estimate of drug-likeness (QED) is 0.307. The number of nitrogens with zero attached hydrogens (tertiary/aromatic N) is 1. The first-order valence-electron chi connectivity index (χ1n) is 11.9. The van der Waals surface area contributed by atoms with E-state index in [1.165, 1.54) is 0 Å². The van der Waals surface area contributed by atoms with E-state index in [1.807, 2.05) is 30.3 Å². The summed E-state index contributed by atoms with van der Waals surface area (Å²) in [5.41, 5.74) is 1.05. The van der Waals surface area contributed by atoms with Crippen molar-refractivity contribution in [2.75, 3.05) is 12.9 Å². The normalized spacial score (nSPS) is 23.4. The van der Waals surface area contributed by atoms with Crippen LogP contribution in [-0.4, -0.2) is 61.4 Å². The van der Waals surface area contributed by atoms with Gasteiger partial charge in [-0.3, -0.25) is 4.84 Å². The zero-order chi connectivity index (χ0) is 26.2. The average molecular weight is 532 g/mol. The Morgan fingerprint density at radius 2 is 1.47 bits per heavy atom. The summed E-state index contributed by atoms with van der Waals surface area (Å²) in [6.07, 6.45) is -0.634. The van der Waals surface area contributed by atoms with Crippen molar-refractivity contribution in [1.29, 1.82) is 0 Å².